The van der Waals surface area contributed by atoms with Gasteiger partial charge in [-0.05, 0) is 30.8 Å². The molecule has 4 rings (SSSR count). The van der Waals surface area contributed by atoms with Crippen LogP contribution in [0.25, 0.3) is 16.8 Å². The van der Waals surface area contributed by atoms with Crippen LogP contribution < -0.4 is 10.6 Å². The van der Waals surface area contributed by atoms with E-state index < -0.39 is 0 Å². The van der Waals surface area contributed by atoms with Crippen LogP contribution in [-0.2, 0) is 0 Å². The van der Waals surface area contributed by atoms with Crippen LogP contribution in [0.2, 0.25) is 0 Å². The lowest BCUT2D eigenvalue weighted by Crippen LogP contribution is -2.45. The Kier molecular flexibility index (Phi) is 3.34. The molecule has 0 spiro atoms. The minimum absolute atomic E-state index is 0.295. The second-order valence-corrected chi connectivity index (χ2v) is 5.87. The monoisotopic (exact) mass is 309 g/mol. The number of aromatic nitrogens is 4. The van der Waals surface area contributed by atoms with Crippen LogP contribution in [0.4, 0.5) is 11.8 Å². The number of nitrogens with zero attached hydrogens (tertiary/aromatic N) is 6. The highest BCUT2D eigenvalue weighted by atomic mass is 15.4. The number of hydrogen-bond donors (Lipinski definition) is 1. The van der Waals surface area contributed by atoms with Crippen LogP contribution in [0.15, 0.2) is 36.7 Å². The van der Waals surface area contributed by atoms with Crippen molar-refractivity contribution in [3.05, 3.63) is 36.7 Å². The number of piperazine rings is 1. The van der Waals surface area contributed by atoms with Crippen molar-refractivity contribution in [1.29, 1.82) is 0 Å². The molecule has 1 saturated heterocycles. The highest BCUT2D eigenvalue weighted by molar-refractivity contribution is 5.71. The first kappa shape index (κ1) is 14.0. The van der Waals surface area contributed by atoms with Gasteiger partial charge in [0, 0.05) is 44.1 Å². The summed E-state index contributed by atoms with van der Waals surface area (Å²) in [5.74, 6) is 1.32. The smallest absolute Gasteiger partial charge is 0.240 e. The van der Waals surface area contributed by atoms with E-state index in [9.17, 15) is 0 Å². The molecule has 3 aromatic heterocycles. The minimum Gasteiger partial charge on any atom is -0.366 e. The molecule has 0 atom stereocenters. The Morgan fingerprint density at radius 3 is 2.65 bits per heavy atom. The van der Waals surface area contributed by atoms with Gasteiger partial charge >= 0.3 is 0 Å². The van der Waals surface area contributed by atoms with E-state index in [2.05, 4.69) is 38.0 Å². The van der Waals surface area contributed by atoms with Gasteiger partial charge in [0.05, 0.1) is 0 Å². The van der Waals surface area contributed by atoms with Crippen molar-refractivity contribution in [2.24, 2.45) is 0 Å². The van der Waals surface area contributed by atoms with Crippen molar-refractivity contribution in [3.8, 4) is 11.1 Å². The van der Waals surface area contributed by atoms with Gasteiger partial charge in [-0.15, -0.1) is 5.10 Å². The number of nitrogens with two attached hydrogens (primary N) is 1. The van der Waals surface area contributed by atoms with Crippen molar-refractivity contribution < 1.29 is 0 Å². The van der Waals surface area contributed by atoms with Gasteiger partial charge in [0.1, 0.15) is 5.82 Å². The second-order valence-electron chi connectivity index (χ2n) is 5.87. The predicted molar refractivity (Wildman–Crippen MR) is 90.3 cm³/mol. The molecule has 1 aliphatic rings. The Morgan fingerprint density at radius 2 is 1.91 bits per heavy atom. The molecule has 0 radical (unpaired) electrons. The molecular weight excluding hydrogens is 290 g/mol. The molecule has 0 saturated carbocycles. The second kappa shape index (κ2) is 5.51. The Balaban J connectivity index is 1.84. The maximum atomic E-state index is 5.82. The standard InChI is InChI=1S/C16H19N7/c1-21-5-7-22(8-6-21)15-10-13(12-3-2-4-18-11-12)9-14-19-16(17)20-23(14)15/h2-4,9-11H,5-8H2,1H3,(H2,17,20). The van der Waals surface area contributed by atoms with E-state index in [4.69, 9.17) is 5.73 Å². The van der Waals surface area contributed by atoms with Gasteiger partial charge in [0.15, 0.2) is 5.65 Å². The van der Waals surface area contributed by atoms with Gasteiger partial charge in [-0.3, -0.25) is 4.98 Å². The summed E-state index contributed by atoms with van der Waals surface area (Å²) < 4.78 is 1.83. The third kappa shape index (κ3) is 2.59. The normalized spacial score (nSPS) is 16.1. The zero-order valence-corrected chi connectivity index (χ0v) is 13.1. The van der Waals surface area contributed by atoms with Crippen LogP contribution in [0, 0.1) is 0 Å². The van der Waals surface area contributed by atoms with Crippen LogP contribution >= 0.6 is 0 Å². The van der Waals surface area contributed by atoms with E-state index in [-0.39, 0.29) is 0 Å². The first-order valence-corrected chi connectivity index (χ1v) is 7.71. The Morgan fingerprint density at radius 1 is 1.09 bits per heavy atom. The lowest BCUT2D eigenvalue weighted by molar-refractivity contribution is 0.311. The predicted octanol–water partition coefficient (Wildman–Crippen LogP) is 1.13. The molecule has 0 aromatic carbocycles. The molecule has 3 aromatic rings. The fourth-order valence-corrected chi connectivity index (χ4v) is 2.94. The summed E-state index contributed by atoms with van der Waals surface area (Å²) in [6.45, 7) is 3.98. The number of rotatable bonds is 2. The summed E-state index contributed by atoms with van der Waals surface area (Å²) in [6.07, 6.45) is 3.64. The van der Waals surface area contributed by atoms with Crippen molar-refractivity contribution in [1.82, 2.24) is 24.5 Å². The number of fused-ring (bicyclic) bond motifs is 1. The molecule has 0 bridgehead atoms. The number of nitrogen functional groups attached to an aromatic ring is 1. The molecule has 0 unspecified atom stereocenters. The molecule has 0 aliphatic carbocycles. The molecule has 7 nitrogen and oxygen atoms in total. The zero-order chi connectivity index (χ0) is 15.8. The third-order valence-corrected chi connectivity index (χ3v) is 4.26. The van der Waals surface area contributed by atoms with E-state index in [1.807, 2.05) is 28.9 Å². The Bertz CT molecular complexity index is 819. The van der Waals surface area contributed by atoms with Gasteiger partial charge < -0.3 is 15.5 Å². The lowest BCUT2D eigenvalue weighted by atomic mass is 10.1. The fourth-order valence-electron chi connectivity index (χ4n) is 2.94. The van der Waals surface area contributed by atoms with Crippen molar-refractivity contribution in [3.63, 3.8) is 0 Å². The molecule has 2 N–H and O–H groups in total. The highest BCUT2D eigenvalue weighted by Crippen LogP contribution is 2.27. The molecule has 0 amide bonds. The summed E-state index contributed by atoms with van der Waals surface area (Å²) in [5.41, 5.74) is 8.72. The third-order valence-electron chi connectivity index (χ3n) is 4.26. The van der Waals surface area contributed by atoms with Crippen molar-refractivity contribution >= 4 is 17.4 Å². The van der Waals surface area contributed by atoms with Gasteiger partial charge in [0.25, 0.3) is 0 Å². The molecule has 1 fully saturated rings. The fraction of sp³-hybridized carbons (Fsp3) is 0.312. The molecule has 4 heterocycles. The maximum absolute atomic E-state index is 5.82. The van der Waals surface area contributed by atoms with Crippen molar-refractivity contribution in [2.45, 2.75) is 0 Å². The van der Waals surface area contributed by atoms with Crippen LogP contribution in [0.1, 0.15) is 0 Å². The number of pyridine rings is 2. The highest BCUT2D eigenvalue weighted by Gasteiger charge is 2.19. The van der Waals surface area contributed by atoms with Crippen LogP contribution in [0.5, 0.6) is 0 Å². The Hall–Kier alpha value is -2.67. The SMILES string of the molecule is CN1CCN(c2cc(-c3cccnc3)cc3nc(N)nn23)CC1. The summed E-state index contributed by atoms with van der Waals surface area (Å²) in [5, 5.41) is 4.35. The average molecular weight is 309 g/mol. The topological polar surface area (TPSA) is 75.6 Å². The van der Waals surface area contributed by atoms with Crippen molar-refractivity contribution in [2.75, 3.05) is 43.9 Å². The maximum Gasteiger partial charge on any atom is 0.240 e. The molecule has 23 heavy (non-hydrogen) atoms. The van der Waals surface area contributed by atoms with Crippen LogP contribution in [0.3, 0.4) is 0 Å². The zero-order valence-electron chi connectivity index (χ0n) is 13.1. The Labute approximate surface area is 134 Å². The summed E-state index contributed by atoms with van der Waals surface area (Å²) in [7, 11) is 2.15. The van der Waals surface area contributed by atoms with Crippen LogP contribution in [-0.4, -0.2) is 57.7 Å². The average Bonchev–Trinajstić information content (AvgIpc) is 2.96. The van der Waals surface area contributed by atoms with E-state index in [1.165, 1.54) is 0 Å². The lowest BCUT2D eigenvalue weighted by Gasteiger charge is -2.34. The number of hydrogen-bond acceptors (Lipinski definition) is 6. The number of likely N-dealkylation sites (N-methyl/N-ethyl adjacent to an activating group) is 1. The molecular formula is C16H19N7. The van der Waals surface area contributed by atoms with E-state index >= 15 is 0 Å². The minimum atomic E-state index is 0.295. The van der Waals surface area contributed by atoms with Gasteiger partial charge in [0.2, 0.25) is 5.95 Å². The largest absolute Gasteiger partial charge is 0.366 e. The van der Waals surface area contributed by atoms with E-state index in [1.54, 1.807) is 6.20 Å². The summed E-state index contributed by atoms with van der Waals surface area (Å²) in [6, 6.07) is 8.13. The molecule has 118 valence electrons. The first-order valence-electron chi connectivity index (χ1n) is 7.71. The molecule has 1 aliphatic heterocycles. The quantitative estimate of drug-likeness (QED) is 0.765. The summed E-state index contributed by atoms with van der Waals surface area (Å²) >= 11 is 0. The first-order chi connectivity index (χ1) is 11.2. The van der Waals surface area contributed by atoms with Gasteiger partial charge in [-0.2, -0.15) is 9.50 Å². The summed E-state index contributed by atoms with van der Waals surface area (Å²) in [4.78, 5) is 13.2. The van der Waals surface area contributed by atoms with Gasteiger partial charge in [-0.1, -0.05) is 6.07 Å². The van der Waals surface area contributed by atoms with Gasteiger partial charge in [-0.25, -0.2) is 0 Å². The molecule has 7 heteroatoms. The van der Waals surface area contributed by atoms with E-state index in [0.717, 1.165) is 48.8 Å². The van der Waals surface area contributed by atoms with E-state index in [0.29, 0.717) is 5.95 Å². The number of anilines is 2.